The van der Waals surface area contributed by atoms with Gasteiger partial charge in [-0.25, -0.2) is 4.39 Å². The van der Waals surface area contributed by atoms with Crippen LogP contribution in [0.25, 0.3) is 5.70 Å². The number of carbonyl (C=O) groups is 1. The van der Waals surface area contributed by atoms with Gasteiger partial charge in [0, 0.05) is 30.5 Å². The topological polar surface area (TPSA) is 63.1 Å². The summed E-state index contributed by atoms with van der Waals surface area (Å²) in [4.78, 5) is 24.9. The van der Waals surface area contributed by atoms with Crippen molar-refractivity contribution in [2.75, 3.05) is 7.05 Å². The van der Waals surface area contributed by atoms with Gasteiger partial charge in [0.2, 0.25) is 0 Å². The van der Waals surface area contributed by atoms with Crippen molar-refractivity contribution in [3.8, 4) is 0 Å². The first kappa shape index (κ1) is 20.4. The fourth-order valence-electron chi connectivity index (χ4n) is 2.70. The van der Waals surface area contributed by atoms with Crippen LogP contribution in [-0.4, -0.2) is 23.6 Å². The molecule has 0 spiro atoms. The van der Waals surface area contributed by atoms with Crippen molar-refractivity contribution in [2.45, 2.75) is 39.8 Å². The molecule has 1 heterocycles. The maximum atomic E-state index is 13.5. The Bertz CT molecular complexity index is 918. The molecule has 0 radical (unpaired) electrons. The van der Waals surface area contributed by atoms with Crippen LogP contribution in [0.3, 0.4) is 0 Å². The molecule has 0 saturated carbocycles. The Balaban J connectivity index is 2.49. The molecule has 0 aliphatic heterocycles. The van der Waals surface area contributed by atoms with Gasteiger partial charge in [-0.2, -0.15) is 0 Å². The summed E-state index contributed by atoms with van der Waals surface area (Å²) in [7, 11) is 1.48. The highest BCUT2D eigenvalue weighted by atomic mass is 19.1. The highest BCUT2D eigenvalue weighted by molar-refractivity contribution is 5.94. The second-order valence-electron chi connectivity index (χ2n) is 6.67. The number of halogens is 1. The van der Waals surface area contributed by atoms with Crippen LogP contribution >= 0.6 is 0 Å². The van der Waals surface area contributed by atoms with E-state index in [2.05, 4.69) is 24.1 Å². The van der Waals surface area contributed by atoms with Crippen LogP contribution in [0.4, 0.5) is 4.39 Å². The fraction of sp³-hybridized carbons (Fsp3) is 0.333. The molecule has 6 heteroatoms. The molecule has 2 aromatic rings. The SMILES string of the molecule is C=C(NC(C)CC)c1cc(C(=O)NC)c(=O)n(Cc2ccc(F)c(C)c2)c1. The molecule has 2 rings (SSSR count). The molecule has 5 nitrogen and oxygen atoms in total. The van der Waals surface area contributed by atoms with Gasteiger partial charge in [0.05, 0.1) is 6.54 Å². The number of aromatic nitrogens is 1. The van der Waals surface area contributed by atoms with Crippen molar-refractivity contribution in [3.05, 3.63) is 75.5 Å². The van der Waals surface area contributed by atoms with Crippen LogP contribution in [0, 0.1) is 12.7 Å². The largest absolute Gasteiger partial charge is 0.383 e. The van der Waals surface area contributed by atoms with E-state index < -0.39 is 11.5 Å². The summed E-state index contributed by atoms with van der Waals surface area (Å²) in [6, 6.07) is 6.46. The van der Waals surface area contributed by atoms with Crippen molar-refractivity contribution in [3.63, 3.8) is 0 Å². The normalized spacial score (nSPS) is 11.7. The smallest absolute Gasteiger partial charge is 0.263 e. The van der Waals surface area contributed by atoms with Crippen molar-refractivity contribution in [2.24, 2.45) is 0 Å². The van der Waals surface area contributed by atoms with Gasteiger partial charge in [-0.15, -0.1) is 0 Å². The summed E-state index contributed by atoms with van der Waals surface area (Å²) in [5.41, 5.74) is 2.21. The lowest BCUT2D eigenvalue weighted by Crippen LogP contribution is -2.32. The van der Waals surface area contributed by atoms with E-state index in [4.69, 9.17) is 0 Å². The molecule has 0 aliphatic rings. The number of nitrogens with one attached hydrogen (secondary N) is 2. The first-order valence-corrected chi connectivity index (χ1v) is 8.94. The van der Waals surface area contributed by atoms with Gasteiger partial charge in [0.1, 0.15) is 11.4 Å². The lowest BCUT2D eigenvalue weighted by molar-refractivity contribution is 0.0961. The monoisotopic (exact) mass is 371 g/mol. The highest BCUT2D eigenvalue weighted by Gasteiger charge is 2.15. The molecule has 1 aromatic heterocycles. The number of pyridine rings is 1. The number of nitrogens with zero attached hydrogens (tertiary/aromatic N) is 1. The van der Waals surface area contributed by atoms with Gasteiger partial charge in [-0.1, -0.05) is 25.6 Å². The zero-order valence-electron chi connectivity index (χ0n) is 16.2. The lowest BCUT2D eigenvalue weighted by atomic mass is 10.1. The predicted molar refractivity (Wildman–Crippen MR) is 106 cm³/mol. The molecular formula is C21H26FN3O2. The summed E-state index contributed by atoms with van der Waals surface area (Å²) in [5.74, 6) is -0.751. The quantitative estimate of drug-likeness (QED) is 0.786. The molecule has 1 amide bonds. The van der Waals surface area contributed by atoms with E-state index in [1.807, 2.05) is 6.92 Å². The third-order valence-corrected chi connectivity index (χ3v) is 4.51. The minimum atomic E-state index is -0.456. The molecule has 2 N–H and O–H groups in total. The first-order chi connectivity index (χ1) is 12.8. The first-order valence-electron chi connectivity index (χ1n) is 8.94. The third-order valence-electron chi connectivity index (χ3n) is 4.51. The second kappa shape index (κ2) is 8.66. The summed E-state index contributed by atoms with van der Waals surface area (Å²) in [5, 5.41) is 5.76. The van der Waals surface area contributed by atoms with Gasteiger partial charge < -0.3 is 15.2 Å². The van der Waals surface area contributed by atoms with Crippen LogP contribution in [0.5, 0.6) is 0 Å². The molecule has 0 bridgehead atoms. The van der Waals surface area contributed by atoms with Crippen LogP contribution in [-0.2, 0) is 6.54 Å². The summed E-state index contributed by atoms with van der Waals surface area (Å²) in [6.45, 7) is 10.0. The molecule has 1 atom stereocenters. The molecule has 0 fully saturated rings. The van der Waals surface area contributed by atoms with Gasteiger partial charge in [0.25, 0.3) is 11.5 Å². The van der Waals surface area contributed by atoms with Crippen LogP contribution in [0.2, 0.25) is 0 Å². The number of hydrogen-bond acceptors (Lipinski definition) is 3. The van der Waals surface area contributed by atoms with Crippen molar-refractivity contribution in [1.82, 2.24) is 15.2 Å². The Morgan fingerprint density at radius 1 is 1.33 bits per heavy atom. The van der Waals surface area contributed by atoms with E-state index >= 15 is 0 Å². The van der Waals surface area contributed by atoms with E-state index in [1.165, 1.54) is 17.7 Å². The van der Waals surface area contributed by atoms with E-state index in [0.29, 0.717) is 16.8 Å². The number of rotatable bonds is 7. The van der Waals surface area contributed by atoms with E-state index in [0.717, 1.165) is 12.0 Å². The average molecular weight is 371 g/mol. The number of hydrogen-bond donors (Lipinski definition) is 2. The van der Waals surface area contributed by atoms with E-state index in [9.17, 15) is 14.0 Å². The summed E-state index contributed by atoms with van der Waals surface area (Å²) >= 11 is 0. The Kier molecular flexibility index (Phi) is 6.55. The molecule has 0 aliphatic carbocycles. The standard InChI is InChI=1S/C21H26FN3O2/c1-6-14(3)24-15(4)17-10-18(20(26)23-5)21(27)25(12-17)11-16-7-8-19(22)13(2)9-16/h7-10,12,14,24H,4,6,11H2,1-3,5H3,(H,23,26). The van der Waals surface area contributed by atoms with Gasteiger partial charge in [-0.3, -0.25) is 9.59 Å². The minimum absolute atomic E-state index is 0.0425. The summed E-state index contributed by atoms with van der Waals surface area (Å²) < 4.78 is 15.0. The van der Waals surface area contributed by atoms with Crippen LogP contribution in [0.1, 0.15) is 47.3 Å². The second-order valence-corrected chi connectivity index (χ2v) is 6.67. The maximum Gasteiger partial charge on any atom is 0.263 e. The Hall–Kier alpha value is -2.89. The lowest BCUT2D eigenvalue weighted by Gasteiger charge is -2.18. The Morgan fingerprint density at radius 2 is 2.04 bits per heavy atom. The van der Waals surface area contributed by atoms with Crippen LogP contribution in [0.15, 0.2) is 41.8 Å². The number of aryl methyl sites for hydroxylation is 1. The Labute approximate surface area is 158 Å². The zero-order valence-corrected chi connectivity index (χ0v) is 16.2. The van der Waals surface area contributed by atoms with Crippen LogP contribution < -0.4 is 16.2 Å². The number of carbonyl (C=O) groups excluding carboxylic acids is 1. The molecule has 1 aromatic carbocycles. The Morgan fingerprint density at radius 3 is 2.63 bits per heavy atom. The van der Waals surface area contributed by atoms with Gasteiger partial charge >= 0.3 is 0 Å². The van der Waals surface area contributed by atoms with Crippen molar-refractivity contribution < 1.29 is 9.18 Å². The van der Waals surface area contributed by atoms with Crippen molar-refractivity contribution >= 4 is 11.6 Å². The average Bonchev–Trinajstić information content (AvgIpc) is 2.65. The molecule has 144 valence electrons. The summed E-state index contributed by atoms with van der Waals surface area (Å²) in [6.07, 6.45) is 2.58. The predicted octanol–water partition coefficient (Wildman–Crippen LogP) is 3.06. The molecule has 1 unspecified atom stereocenters. The van der Waals surface area contributed by atoms with Gasteiger partial charge in [-0.05, 0) is 43.5 Å². The third kappa shape index (κ3) is 4.84. The number of amides is 1. The van der Waals surface area contributed by atoms with Gasteiger partial charge in [0.15, 0.2) is 0 Å². The van der Waals surface area contributed by atoms with E-state index in [1.54, 1.807) is 31.3 Å². The minimum Gasteiger partial charge on any atom is -0.383 e. The maximum absolute atomic E-state index is 13.5. The molecule has 0 saturated heterocycles. The van der Waals surface area contributed by atoms with Crippen molar-refractivity contribution in [1.29, 1.82) is 0 Å². The molecule has 27 heavy (non-hydrogen) atoms. The fourth-order valence-corrected chi connectivity index (χ4v) is 2.70. The zero-order chi connectivity index (χ0) is 20.1. The molecular weight excluding hydrogens is 345 g/mol. The number of benzene rings is 1. The highest BCUT2D eigenvalue weighted by Crippen LogP contribution is 2.14. The van der Waals surface area contributed by atoms with E-state index in [-0.39, 0.29) is 24.0 Å².